The van der Waals surface area contributed by atoms with Crippen LogP contribution >= 0.6 is 0 Å². The second-order valence-electron chi connectivity index (χ2n) is 12.4. The Morgan fingerprint density at radius 1 is 1.00 bits per heavy atom. The summed E-state index contributed by atoms with van der Waals surface area (Å²) in [6, 6.07) is 12.0. The Morgan fingerprint density at radius 3 is 2.57 bits per heavy atom. The summed E-state index contributed by atoms with van der Waals surface area (Å²) in [5, 5.41) is 7.93. The van der Waals surface area contributed by atoms with E-state index < -0.39 is 5.60 Å². The molecule has 0 saturated carbocycles. The Bertz CT molecular complexity index is 1820. The van der Waals surface area contributed by atoms with E-state index in [1.54, 1.807) is 12.4 Å². The van der Waals surface area contributed by atoms with E-state index in [2.05, 4.69) is 37.3 Å². The molecule has 42 heavy (non-hydrogen) atoms. The highest BCUT2D eigenvalue weighted by molar-refractivity contribution is 5.83. The van der Waals surface area contributed by atoms with Crippen molar-refractivity contribution in [3.05, 3.63) is 78.1 Å². The van der Waals surface area contributed by atoms with Crippen LogP contribution in [-0.2, 0) is 11.2 Å². The van der Waals surface area contributed by atoms with Crippen molar-refractivity contribution in [3.8, 4) is 11.3 Å². The second-order valence-corrected chi connectivity index (χ2v) is 12.4. The van der Waals surface area contributed by atoms with Crippen molar-refractivity contribution in [2.45, 2.75) is 58.6 Å². The number of aromatic nitrogens is 6. The molecule has 10 nitrogen and oxygen atoms in total. The molecule has 10 heteroatoms. The minimum absolute atomic E-state index is 0.137. The molecular weight excluding hydrogens is 528 g/mol. The summed E-state index contributed by atoms with van der Waals surface area (Å²) >= 11 is 0. The molecule has 1 spiro atoms. The van der Waals surface area contributed by atoms with E-state index >= 15 is 0 Å². The topological polar surface area (TPSA) is 110 Å². The van der Waals surface area contributed by atoms with Gasteiger partial charge < -0.3 is 15.0 Å². The largest absolute Gasteiger partial charge is 0.444 e. The molecule has 1 atom stereocenters. The third kappa shape index (κ3) is 4.51. The highest BCUT2D eigenvalue weighted by atomic mass is 16.6. The first-order valence-electron chi connectivity index (χ1n) is 14.4. The molecule has 1 aromatic carbocycles. The second kappa shape index (κ2) is 9.75. The monoisotopic (exact) mass is 562 g/mol. The number of hydrogen-bond donors (Lipinski definition) is 1. The summed E-state index contributed by atoms with van der Waals surface area (Å²) in [7, 11) is 0. The predicted octanol–water partition coefficient (Wildman–Crippen LogP) is 5.45. The van der Waals surface area contributed by atoms with Crippen LogP contribution in [0.25, 0.3) is 27.8 Å². The zero-order valence-corrected chi connectivity index (χ0v) is 24.3. The van der Waals surface area contributed by atoms with Gasteiger partial charge in [-0.2, -0.15) is 5.10 Å². The molecule has 1 fully saturated rings. The van der Waals surface area contributed by atoms with E-state index in [1.807, 2.05) is 68.9 Å². The first kappa shape index (κ1) is 26.3. The molecule has 0 radical (unpaired) electrons. The number of nitrogens with zero attached hydrogens (tertiary/aromatic N) is 7. The minimum Gasteiger partial charge on any atom is -0.444 e. The average molecular weight is 563 g/mol. The van der Waals surface area contributed by atoms with E-state index in [9.17, 15) is 4.79 Å². The minimum atomic E-state index is -0.566. The summed E-state index contributed by atoms with van der Waals surface area (Å²) in [5.41, 5.74) is 6.93. The Hall–Kier alpha value is -4.60. The van der Waals surface area contributed by atoms with Crippen LogP contribution in [0.3, 0.4) is 0 Å². The molecule has 5 heterocycles. The van der Waals surface area contributed by atoms with Gasteiger partial charge in [-0.05, 0) is 76.8 Å². The fourth-order valence-corrected chi connectivity index (χ4v) is 6.66. The third-order valence-electron chi connectivity index (χ3n) is 8.53. The summed E-state index contributed by atoms with van der Waals surface area (Å²) < 4.78 is 7.64. The fraction of sp³-hybridized carbons (Fsp3) is 0.375. The van der Waals surface area contributed by atoms with Crippen LogP contribution in [0.15, 0.2) is 61.2 Å². The van der Waals surface area contributed by atoms with Gasteiger partial charge in [0.15, 0.2) is 5.82 Å². The first-order chi connectivity index (χ1) is 20.2. The van der Waals surface area contributed by atoms with Gasteiger partial charge in [-0.3, -0.25) is 15.0 Å². The Labute approximate surface area is 244 Å². The number of amides is 1. The van der Waals surface area contributed by atoms with Gasteiger partial charge in [-0.25, -0.2) is 14.3 Å². The van der Waals surface area contributed by atoms with Gasteiger partial charge in [0.05, 0.1) is 34.7 Å². The third-order valence-corrected chi connectivity index (χ3v) is 8.53. The van der Waals surface area contributed by atoms with Gasteiger partial charge in [-0.1, -0.05) is 12.1 Å². The molecule has 1 amide bonds. The predicted molar refractivity (Wildman–Crippen MR) is 160 cm³/mol. The molecule has 1 aliphatic heterocycles. The van der Waals surface area contributed by atoms with E-state index in [0.29, 0.717) is 0 Å². The van der Waals surface area contributed by atoms with Crippen molar-refractivity contribution in [1.29, 1.82) is 0 Å². The van der Waals surface area contributed by atoms with Crippen LogP contribution in [0.5, 0.6) is 0 Å². The first-order valence-corrected chi connectivity index (χ1v) is 14.4. The molecule has 214 valence electrons. The number of carbonyl (C=O) groups excluding carboxylic acids is 1. The van der Waals surface area contributed by atoms with Gasteiger partial charge in [0.1, 0.15) is 11.1 Å². The SMILES string of the molecule is Cc1nc(N2CCC3(CC2)Cc2ncccc2[C@H]3NC(=O)OC(C)(C)C)c2ccnn2c1-c1ccc2nccnc2c1. The number of anilines is 1. The van der Waals surface area contributed by atoms with Crippen molar-refractivity contribution in [2.24, 2.45) is 5.41 Å². The number of nitrogens with one attached hydrogen (secondary N) is 1. The number of ether oxygens (including phenoxy) is 1. The number of aryl methyl sites for hydroxylation is 1. The van der Waals surface area contributed by atoms with E-state index in [4.69, 9.17) is 14.8 Å². The number of benzene rings is 1. The standard InChI is InChI=1S/C32H34N8O2/c1-20-27(21-7-8-23-24(18-21)35-15-14-34-23)40-26(9-13-36-40)29(37-20)39-16-10-32(11-17-39)19-25-22(6-5-12-33-25)28(32)38-30(41)42-31(2,3)4/h5-9,12-15,18,28H,10-11,16-17,19H2,1-4H3,(H,38,41)/t28-/m1/s1. The summed E-state index contributed by atoms with van der Waals surface area (Å²) in [6.45, 7) is 9.30. The lowest BCUT2D eigenvalue weighted by atomic mass is 9.73. The van der Waals surface area contributed by atoms with Gasteiger partial charge in [0, 0.05) is 48.4 Å². The summed E-state index contributed by atoms with van der Waals surface area (Å²) in [4.78, 5) is 34.0. The number of alkyl carbamates (subject to hydrolysis) is 1. The van der Waals surface area contributed by atoms with Crippen molar-refractivity contribution < 1.29 is 9.53 Å². The lowest BCUT2D eigenvalue weighted by Gasteiger charge is -2.44. The lowest BCUT2D eigenvalue weighted by molar-refractivity contribution is 0.0428. The molecule has 4 aromatic heterocycles. The number of pyridine rings is 1. The van der Waals surface area contributed by atoms with Crippen LogP contribution in [0.2, 0.25) is 0 Å². The number of piperidine rings is 1. The maximum Gasteiger partial charge on any atom is 0.408 e. The highest BCUT2D eigenvalue weighted by Gasteiger charge is 2.49. The van der Waals surface area contributed by atoms with Gasteiger partial charge in [0.2, 0.25) is 0 Å². The van der Waals surface area contributed by atoms with Crippen molar-refractivity contribution in [3.63, 3.8) is 0 Å². The van der Waals surface area contributed by atoms with Crippen LogP contribution < -0.4 is 10.2 Å². The zero-order valence-electron chi connectivity index (χ0n) is 24.3. The molecule has 7 rings (SSSR count). The van der Waals surface area contributed by atoms with E-state index in [-0.39, 0.29) is 17.6 Å². The average Bonchev–Trinajstić information content (AvgIpc) is 3.55. The molecule has 0 unspecified atom stereocenters. The maximum atomic E-state index is 12.9. The molecule has 5 aromatic rings. The zero-order chi connectivity index (χ0) is 29.1. The molecule has 1 aliphatic carbocycles. The van der Waals surface area contributed by atoms with Crippen molar-refractivity contribution in [1.82, 2.24) is 34.9 Å². The fourth-order valence-electron chi connectivity index (χ4n) is 6.66. The van der Waals surface area contributed by atoms with Crippen molar-refractivity contribution >= 4 is 28.5 Å². The Morgan fingerprint density at radius 2 is 1.79 bits per heavy atom. The summed E-state index contributed by atoms with van der Waals surface area (Å²) in [6.07, 6.45) is 9.29. The molecular formula is C32H34N8O2. The van der Waals surface area contributed by atoms with E-state index in [0.717, 1.165) is 82.9 Å². The maximum absolute atomic E-state index is 12.9. The van der Waals surface area contributed by atoms with Gasteiger partial charge in [-0.15, -0.1) is 0 Å². The highest BCUT2D eigenvalue weighted by Crippen LogP contribution is 2.52. The molecule has 1 saturated heterocycles. The summed E-state index contributed by atoms with van der Waals surface area (Å²) in [5.74, 6) is 0.925. The molecule has 0 bridgehead atoms. The van der Waals surface area contributed by atoms with Crippen LogP contribution in [0, 0.1) is 12.3 Å². The van der Waals surface area contributed by atoms with Crippen LogP contribution in [-0.4, -0.2) is 54.3 Å². The molecule has 2 aliphatic rings. The smallest absolute Gasteiger partial charge is 0.408 e. The quantitative estimate of drug-likeness (QED) is 0.309. The number of hydrogen-bond acceptors (Lipinski definition) is 8. The molecule has 1 N–H and O–H groups in total. The number of fused-ring (bicyclic) bond motifs is 3. The van der Waals surface area contributed by atoms with Crippen molar-refractivity contribution in [2.75, 3.05) is 18.0 Å². The van der Waals surface area contributed by atoms with Crippen LogP contribution in [0.1, 0.15) is 56.6 Å². The number of rotatable bonds is 3. The van der Waals surface area contributed by atoms with Gasteiger partial charge >= 0.3 is 6.09 Å². The van der Waals surface area contributed by atoms with Crippen LogP contribution in [0.4, 0.5) is 10.6 Å². The Balaban J connectivity index is 1.18. The van der Waals surface area contributed by atoms with E-state index in [1.165, 1.54) is 0 Å². The Kier molecular flexibility index (Phi) is 6.11. The van der Waals surface area contributed by atoms with Gasteiger partial charge in [0.25, 0.3) is 0 Å². The lowest BCUT2D eigenvalue weighted by Crippen LogP contribution is -2.48. The normalized spacial score (nSPS) is 18.0. The number of carbonyl (C=O) groups is 1.